The van der Waals surface area contributed by atoms with Crippen LogP contribution >= 0.6 is 11.6 Å². The van der Waals surface area contributed by atoms with Crippen molar-refractivity contribution in [1.29, 1.82) is 0 Å². The Balaban J connectivity index is 0.000000237. The topological polar surface area (TPSA) is 496 Å². The molecule has 12 rings (SSSR count). The zero-order valence-electron chi connectivity index (χ0n) is 65.6. The van der Waals surface area contributed by atoms with Crippen molar-refractivity contribution in [1.82, 2.24) is 41.0 Å². The van der Waals surface area contributed by atoms with E-state index in [2.05, 4.69) is 59.1 Å². The molecule has 0 radical (unpaired) electrons. The number of alkyl carbamates (subject to hydrolysis) is 2. The summed E-state index contributed by atoms with van der Waals surface area (Å²) in [6.45, 7) is 9.93. The standard InChI is InChI=1S/C37H44N6O10S.C36H42N4O11S.C5H9ClO2.CH2N2/c1-51-35(47)37-19-22(37)11-6-4-3-5-7-15-26(41-36(48)53-23-12-8-9-13-23)34(46)43-21-24(17-28(43)33(45)42-37)52-30-18-27(29(44)20-39-38)40-32-25(30)14-10-16-31(32)54(2,49)50;1-49-34(45)36-19-21(36)11-6-4-3-5-7-15-25(38-35(46)51-22-12-8-9-13-22)32(42)40-20-23(17-27(40)31(41)39-36)50-28-18-26(33(43)44)37-30-24(28)14-10-16-29(30)52(2,47)48;1-4(2)3-8-5(6)7;1-3-2/h6,10-11,14,16,18,20,22-24,26,28H,3-5,7-9,12-13,15,17,19,21H2,1-2H3,(H,41,48)(H,42,45);6,10-11,14,16,18,21-23,25,27H,1,3-5,7-9,12-13,15,17,19-20H2,2H3,(H2-,38,39,41,43,44,46);4H,3H2,1-2H3;1H2/p+1/b2*11-6-;;/t22?,24-,26+,28+,37-;21?,23-,25+,27+,36-;;/m11../s1. The lowest BCUT2D eigenvalue weighted by Crippen LogP contribution is -2.56. The number of ketones is 1. The van der Waals surface area contributed by atoms with Crippen molar-refractivity contribution in [3.63, 3.8) is 0 Å². The number of sulfone groups is 2. The maximum absolute atomic E-state index is 14.5. The van der Waals surface area contributed by atoms with E-state index in [0.717, 1.165) is 102 Å². The molecular formula is C79H98ClN12O23S2+. The second kappa shape index (κ2) is 40.3. The van der Waals surface area contributed by atoms with E-state index in [9.17, 15) is 74.7 Å². The number of ether oxygens (including phenoxy) is 6. The first-order valence-corrected chi connectivity index (χ1v) is 42.9. The number of fused-ring (bicyclic) bond motifs is 6. The number of carboxylic acid groups (broad SMARTS) is 1. The van der Waals surface area contributed by atoms with Gasteiger partial charge in [0.15, 0.2) is 32.2 Å². The summed E-state index contributed by atoms with van der Waals surface area (Å²) in [6.07, 6.45) is 20.2. The lowest BCUT2D eigenvalue weighted by molar-refractivity contribution is -0.372. The minimum absolute atomic E-state index is 0.00665. The molecule has 2 saturated heterocycles. The number of halogens is 1. The number of rotatable bonds is 17. The number of Topliss-reactive ketones (excluding diaryl/α,β-unsaturated/α-hetero) is 1. The van der Waals surface area contributed by atoms with Gasteiger partial charge in [-0.3, -0.25) is 28.4 Å². The van der Waals surface area contributed by atoms with E-state index >= 15 is 0 Å². The summed E-state index contributed by atoms with van der Waals surface area (Å²) in [7, 11) is -6.42. The van der Waals surface area contributed by atoms with Crippen molar-refractivity contribution in [2.45, 2.75) is 225 Å². The third-order valence-electron chi connectivity index (χ3n) is 21.4. The van der Waals surface area contributed by atoms with Crippen LogP contribution < -0.4 is 30.7 Å². The van der Waals surface area contributed by atoms with E-state index in [1.54, 1.807) is 6.07 Å². The van der Waals surface area contributed by atoms with Crippen molar-refractivity contribution in [2.24, 2.45) is 17.8 Å². The molecule has 0 spiro atoms. The third-order valence-corrected chi connectivity index (χ3v) is 23.7. The van der Waals surface area contributed by atoms with Crippen molar-refractivity contribution >= 4 is 138 Å². The Morgan fingerprint density at radius 2 is 1.09 bits per heavy atom. The summed E-state index contributed by atoms with van der Waals surface area (Å²) >= 11 is 4.86. The molecule has 2 aromatic carbocycles. The average Bonchev–Trinajstić information content (AvgIpc) is 1.59. The largest absolute Gasteiger partial charge is 0.605 e. The number of methoxy groups -OCH3 is 1. The first-order chi connectivity index (χ1) is 55.7. The van der Waals surface area contributed by atoms with Gasteiger partial charge >= 0.3 is 41.7 Å². The minimum atomic E-state index is -3.83. The number of carbonyl (C=O) groups is 11. The van der Waals surface area contributed by atoms with E-state index in [4.69, 9.17) is 50.8 Å². The number of nitrogens with zero attached hydrogens (tertiary/aromatic N) is 8. The van der Waals surface area contributed by atoms with E-state index in [-0.39, 0.29) is 118 Å². The molecule has 6 heterocycles. The van der Waals surface area contributed by atoms with Crippen molar-refractivity contribution in [3.05, 3.63) is 95.3 Å². The van der Waals surface area contributed by atoms with Crippen LogP contribution in [-0.2, 0) is 71.8 Å². The maximum atomic E-state index is 14.5. The van der Waals surface area contributed by atoms with Crippen LogP contribution in [0, 0.1) is 17.8 Å². The van der Waals surface area contributed by atoms with Crippen LogP contribution in [0.3, 0.4) is 0 Å². The molecule has 2 unspecified atom stereocenters. The molecule has 2 aromatic heterocycles. The van der Waals surface area contributed by atoms with Gasteiger partial charge in [0.1, 0.15) is 71.3 Å². The Kier molecular flexibility index (Phi) is 31.0. The molecule has 4 aliphatic heterocycles. The fraction of sp³-hybridized carbons (Fsp3) is 0.544. The molecule has 6 amide bonds. The summed E-state index contributed by atoms with van der Waals surface area (Å²) < 4.78 is 88.9. The molecule has 630 valence electrons. The highest BCUT2D eigenvalue weighted by Crippen LogP contribution is 2.48. The van der Waals surface area contributed by atoms with E-state index < -0.39 is 138 Å². The Hall–Kier alpha value is -10.9. The number of allylic oxidation sites excluding steroid dienone is 2. The average molecular weight is 1680 g/mol. The van der Waals surface area contributed by atoms with Crippen LogP contribution in [0.2, 0.25) is 0 Å². The number of para-hydroxylation sites is 2. The summed E-state index contributed by atoms with van der Waals surface area (Å²) in [5.41, 5.74) is 11.8. The smallest absolute Gasteiger partial charge is 0.488 e. The van der Waals surface area contributed by atoms with Crippen LogP contribution in [0.5, 0.6) is 11.5 Å². The normalized spacial score (nSPS) is 25.4. The third kappa shape index (κ3) is 23.3. The molecule has 38 heteroatoms. The van der Waals surface area contributed by atoms with Crippen molar-refractivity contribution in [2.75, 3.05) is 39.3 Å². The Morgan fingerprint density at radius 3 is 1.50 bits per heavy atom. The van der Waals surface area contributed by atoms with Gasteiger partial charge in [-0.2, -0.15) is 9.58 Å². The van der Waals surface area contributed by atoms with Crippen LogP contribution in [-0.4, -0.2) is 235 Å². The van der Waals surface area contributed by atoms with Crippen LogP contribution in [0.15, 0.2) is 82.6 Å². The van der Waals surface area contributed by atoms with Gasteiger partial charge < -0.3 is 75.7 Å². The second-order valence-corrected chi connectivity index (χ2v) is 34.7. The van der Waals surface area contributed by atoms with Gasteiger partial charge in [0.25, 0.3) is 5.78 Å². The zero-order valence-corrected chi connectivity index (χ0v) is 68.0. The number of aromatic nitrogens is 2. The summed E-state index contributed by atoms with van der Waals surface area (Å²) in [4.78, 5) is 160. The molecule has 10 atom stereocenters. The molecule has 6 fully saturated rings. The number of amides is 6. The molecule has 4 saturated carbocycles. The SMILES string of the molecule is C=[N+]=[N-].C=[O+]C(=O)[C@@]12CC1/C=C\CCCCC[C@H](NC(=O)OC1CCCC1)C(=O)N1C[C@H](Oc3cc(C(=O)O)nc4c(S(C)(=O)=O)cccc34)C[C@H]1C(=O)N2.CC(C)COC(=O)Cl.COC(=O)[C@@]12CC1/C=C\CCCCC[C@H](NC(=O)OC1CCCC1)C(=O)N1C[C@H](Oc3cc(C(=O)C=[N+]=[N-])nc4c(S(C)(=O)=O)cccc34)C[C@H]1C(=O)N2. The molecule has 8 aliphatic rings. The van der Waals surface area contributed by atoms with Crippen LogP contribution in [0.25, 0.3) is 32.9 Å². The van der Waals surface area contributed by atoms with Gasteiger partial charge in [-0.05, 0) is 133 Å². The molecular weight excluding hydrogens is 1580 g/mol. The maximum Gasteiger partial charge on any atom is 0.605 e. The molecule has 4 aliphatic carbocycles. The molecule has 35 nitrogen and oxygen atoms in total. The van der Waals surface area contributed by atoms with Gasteiger partial charge in [0, 0.05) is 71.7 Å². The number of aromatic carboxylic acids is 1. The van der Waals surface area contributed by atoms with Gasteiger partial charge in [0.2, 0.25) is 35.9 Å². The lowest BCUT2D eigenvalue weighted by Gasteiger charge is -2.29. The second-order valence-electron chi connectivity index (χ2n) is 30.4. The number of benzene rings is 2. The van der Waals surface area contributed by atoms with Crippen molar-refractivity contribution in [3.8, 4) is 11.5 Å². The fourth-order valence-corrected chi connectivity index (χ4v) is 17.1. The number of carbonyl (C=O) groups excluding carboxylic acids is 11. The predicted octanol–water partition coefficient (Wildman–Crippen LogP) is 8.02. The van der Waals surface area contributed by atoms with E-state index in [1.165, 1.54) is 59.4 Å². The highest BCUT2D eigenvalue weighted by molar-refractivity contribution is 7.91. The van der Waals surface area contributed by atoms with Gasteiger partial charge in [-0.1, -0.05) is 76.0 Å². The number of carboxylic acids is 1. The Labute approximate surface area is 680 Å². The lowest BCUT2D eigenvalue weighted by atomic mass is 10.0. The quantitative estimate of drug-likeness (QED) is 0.00768. The van der Waals surface area contributed by atoms with Gasteiger partial charge in [-0.25, -0.2) is 50.8 Å². The van der Waals surface area contributed by atoms with Gasteiger partial charge in [0.05, 0.1) is 52.4 Å². The molecule has 0 bridgehead atoms. The van der Waals surface area contributed by atoms with E-state index in [1.807, 2.05) is 38.2 Å². The summed E-state index contributed by atoms with van der Waals surface area (Å²) in [5, 5.41) is 21.5. The Bertz CT molecular complexity index is 4850. The van der Waals surface area contributed by atoms with Crippen LogP contribution in [0.1, 0.15) is 176 Å². The molecule has 5 N–H and O–H groups in total. The Morgan fingerprint density at radius 1 is 0.667 bits per heavy atom. The number of pyridine rings is 2. The highest BCUT2D eigenvalue weighted by atomic mass is 35.5. The van der Waals surface area contributed by atoms with Gasteiger partial charge in [-0.15, -0.1) is 0 Å². The highest BCUT2D eigenvalue weighted by Gasteiger charge is 2.68. The van der Waals surface area contributed by atoms with Crippen molar-refractivity contribution < 1.29 is 117 Å². The number of hydrogen-bond donors (Lipinski definition) is 5. The minimum Gasteiger partial charge on any atom is -0.488 e. The first-order valence-electron chi connectivity index (χ1n) is 38.7. The van der Waals surface area contributed by atoms with E-state index in [0.29, 0.717) is 38.0 Å². The molecule has 4 aromatic rings. The first kappa shape index (κ1) is 90.1. The monoisotopic (exact) mass is 1680 g/mol. The summed E-state index contributed by atoms with van der Waals surface area (Å²) in [5.74, 6) is -6.18. The fourth-order valence-electron chi connectivity index (χ4n) is 15.4. The number of esters is 1. The zero-order chi connectivity index (χ0) is 85.1. The summed E-state index contributed by atoms with van der Waals surface area (Å²) in [6, 6.07) is 6.76. The number of nitrogens with one attached hydrogen (secondary N) is 4. The predicted molar refractivity (Wildman–Crippen MR) is 420 cm³/mol. The van der Waals surface area contributed by atoms with Crippen LogP contribution in [0.4, 0.5) is 14.4 Å². The number of hydrogen-bond acceptors (Lipinski definition) is 23. The molecule has 117 heavy (non-hydrogen) atoms.